The highest BCUT2D eigenvalue weighted by Gasteiger charge is 2.38. The van der Waals surface area contributed by atoms with E-state index >= 15 is 0 Å². The summed E-state index contributed by atoms with van der Waals surface area (Å²) in [5.41, 5.74) is 5.99. The number of hydrogen-bond donors (Lipinski definition) is 2. The van der Waals surface area contributed by atoms with Crippen molar-refractivity contribution < 1.29 is 5.11 Å². The number of benzene rings is 1. The van der Waals surface area contributed by atoms with Crippen molar-refractivity contribution in [2.24, 2.45) is 0 Å². The molecule has 0 radical (unpaired) electrons. The molecule has 2 aliphatic rings. The minimum Gasteiger partial charge on any atom is -0.504 e. The SMILES string of the molecule is CN1C2CCC1CC(Sc1ccc(N)c(O)c1Cl)C2.Cl. The van der Waals surface area contributed by atoms with Crippen LogP contribution in [0.1, 0.15) is 25.7 Å². The Morgan fingerprint density at radius 2 is 1.90 bits per heavy atom. The van der Waals surface area contributed by atoms with Crippen LogP contribution >= 0.6 is 35.8 Å². The third kappa shape index (κ3) is 2.84. The van der Waals surface area contributed by atoms with E-state index in [1.54, 1.807) is 17.8 Å². The standard InChI is InChI=1S/C14H19ClN2OS.ClH/c1-17-8-2-3-9(17)7-10(6-8)19-12-5-4-11(16)14(18)13(12)15;/h4-5,8-10,18H,2-3,6-7,16H2,1H3;1H. The van der Waals surface area contributed by atoms with Crippen molar-refractivity contribution in [3.63, 3.8) is 0 Å². The molecule has 2 fully saturated rings. The topological polar surface area (TPSA) is 49.5 Å². The average molecular weight is 335 g/mol. The van der Waals surface area contributed by atoms with Gasteiger partial charge in [0, 0.05) is 22.2 Å². The molecule has 3 nitrogen and oxygen atoms in total. The van der Waals surface area contributed by atoms with Gasteiger partial charge in [-0.2, -0.15) is 0 Å². The molecule has 2 heterocycles. The number of nitrogens with zero attached hydrogens (tertiary/aromatic N) is 1. The van der Waals surface area contributed by atoms with Crippen molar-refractivity contribution in [2.45, 2.75) is 47.9 Å². The van der Waals surface area contributed by atoms with Crippen LogP contribution in [-0.4, -0.2) is 34.4 Å². The fourth-order valence-electron chi connectivity index (χ4n) is 3.29. The molecule has 6 heteroatoms. The van der Waals surface area contributed by atoms with E-state index in [0.29, 0.717) is 16.0 Å². The van der Waals surface area contributed by atoms with E-state index in [2.05, 4.69) is 11.9 Å². The predicted octanol–water partition coefficient (Wildman–Crippen LogP) is 3.77. The molecule has 1 aromatic carbocycles. The first-order chi connectivity index (χ1) is 9.06. The molecule has 0 saturated carbocycles. The second-order valence-electron chi connectivity index (χ2n) is 5.58. The zero-order chi connectivity index (χ0) is 13.6. The Morgan fingerprint density at radius 3 is 2.50 bits per heavy atom. The second kappa shape index (κ2) is 6.22. The maximum absolute atomic E-state index is 9.80. The van der Waals surface area contributed by atoms with Crippen LogP contribution in [-0.2, 0) is 0 Å². The molecule has 2 atom stereocenters. The van der Waals surface area contributed by atoms with Gasteiger partial charge < -0.3 is 15.7 Å². The van der Waals surface area contributed by atoms with Crippen molar-refractivity contribution >= 4 is 41.5 Å². The van der Waals surface area contributed by atoms with E-state index in [9.17, 15) is 5.11 Å². The molecule has 2 saturated heterocycles. The zero-order valence-corrected chi connectivity index (χ0v) is 13.8. The van der Waals surface area contributed by atoms with E-state index in [1.807, 2.05) is 6.07 Å². The van der Waals surface area contributed by atoms with Gasteiger partial charge in [0.1, 0.15) is 0 Å². The molecule has 2 aliphatic heterocycles. The Bertz CT molecular complexity index is 486. The Hall–Kier alpha value is -0.290. The van der Waals surface area contributed by atoms with Crippen LogP contribution < -0.4 is 5.73 Å². The van der Waals surface area contributed by atoms with E-state index in [1.165, 1.54) is 25.7 Å². The first-order valence-electron chi connectivity index (χ1n) is 6.71. The van der Waals surface area contributed by atoms with Crippen molar-refractivity contribution in [2.75, 3.05) is 12.8 Å². The van der Waals surface area contributed by atoms with E-state index in [4.69, 9.17) is 17.3 Å². The number of aromatic hydroxyl groups is 1. The Balaban J connectivity index is 0.00000147. The number of rotatable bonds is 2. The third-order valence-electron chi connectivity index (χ3n) is 4.46. The summed E-state index contributed by atoms with van der Waals surface area (Å²) in [7, 11) is 2.24. The van der Waals surface area contributed by atoms with Gasteiger partial charge in [0.25, 0.3) is 0 Å². The van der Waals surface area contributed by atoms with Gasteiger partial charge in [-0.25, -0.2) is 0 Å². The monoisotopic (exact) mass is 334 g/mol. The van der Waals surface area contributed by atoms with Gasteiger partial charge in [0.15, 0.2) is 5.75 Å². The summed E-state index contributed by atoms with van der Waals surface area (Å²) in [5.74, 6) is 0.0163. The summed E-state index contributed by atoms with van der Waals surface area (Å²) in [6, 6.07) is 5.09. The normalized spacial score (nSPS) is 29.2. The Morgan fingerprint density at radius 1 is 1.30 bits per heavy atom. The lowest BCUT2D eigenvalue weighted by Gasteiger charge is -2.36. The number of anilines is 1. The van der Waals surface area contributed by atoms with Crippen molar-refractivity contribution in [3.05, 3.63) is 17.2 Å². The Labute approximate surface area is 135 Å². The van der Waals surface area contributed by atoms with E-state index in [-0.39, 0.29) is 18.2 Å². The van der Waals surface area contributed by atoms with Crippen LogP contribution in [0.4, 0.5) is 5.69 Å². The molecule has 0 aromatic heterocycles. The molecule has 2 bridgehead atoms. The number of thioether (sulfide) groups is 1. The van der Waals surface area contributed by atoms with Crippen LogP contribution in [0.25, 0.3) is 0 Å². The lowest BCUT2D eigenvalue weighted by atomic mass is 10.0. The molecule has 20 heavy (non-hydrogen) atoms. The highest BCUT2D eigenvalue weighted by atomic mass is 35.5. The van der Waals surface area contributed by atoms with E-state index < -0.39 is 0 Å². The number of piperidine rings is 1. The molecule has 1 aromatic rings. The third-order valence-corrected chi connectivity index (χ3v) is 6.27. The lowest BCUT2D eigenvalue weighted by molar-refractivity contribution is 0.183. The maximum Gasteiger partial charge on any atom is 0.158 e. The van der Waals surface area contributed by atoms with Crippen molar-refractivity contribution in [1.29, 1.82) is 0 Å². The molecule has 3 N–H and O–H groups in total. The average Bonchev–Trinajstić information content (AvgIpc) is 2.63. The first kappa shape index (κ1) is 16.1. The second-order valence-corrected chi connectivity index (χ2v) is 7.30. The molecule has 0 aliphatic carbocycles. The Kier molecular flexibility index (Phi) is 5.00. The fraction of sp³-hybridized carbons (Fsp3) is 0.571. The minimum absolute atomic E-state index is 0. The van der Waals surface area contributed by atoms with Gasteiger partial charge in [0.05, 0.1) is 10.7 Å². The summed E-state index contributed by atoms with van der Waals surface area (Å²) in [4.78, 5) is 3.47. The number of phenolic OH excluding ortho intramolecular Hbond substituents is 1. The summed E-state index contributed by atoms with van der Waals surface area (Å²) in [6.45, 7) is 0. The first-order valence-corrected chi connectivity index (χ1v) is 7.97. The van der Waals surface area contributed by atoms with Crippen molar-refractivity contribution in [3.8, 4) is 5.75 Å². The van der Waals surface area contributed by atoms with Crippen LogP contribution in [0.2, 0.25) is 5.02 Å². The van der Waals surface area contributed by atoms with Gasteiger partial charge in [-0.15, -0.1) is 24.2 Å². The van der Waals surface area contributed by atoms with Gasteiger partial charge in [-0.3, -0.25) is 0 Å². The minimum atomic E-state index is 0. The molecule has 112 valence electrons. The molecule has 0 spiro atoms. The number of nitrogens with two attached hydrogens (primary N) is 1. The molecular weight excluding hydrogens is 315 g/mol. The lowest BCUT2D eigenvalue weighted by Crippen LogP contribution is -2.40. The van der Waals surface area contributed by atoms with Crippen LogP contribution in [0, 0.1) is 0 Å². The van der Waals surface area contributed by atoms with Crippen molar-refractivity contribution in [1.82, 2.24) is 4.90 Å². The smallest absolute Gasteiger partial charge is 0.158 e. The number of nitrogen functional groups attached to an aromatic ring is 1. The highest BCUT2D eigenvalue weighted by Crippen LogP contribution is 2.45. The van der Waals surface area contributed by atoms with Crippen LogP contribution in [0.15, 0.2) is 17.0 Å². The van der Waals surface area contributed by atoms with Crippen LogP contribution in [0.5, 0.6) is 5.75 Å². The molecule has 0 amide bonds. The predicted molar refractivity (Wildman–Crippen MR) is 88.2 cm³/mol. The van der Waals surface area contributed by atoms with Gasteiger partial charge in [-0.05, 0) is 44.9 Å². The number of phenols is 1. The number of halogens is 2. The highest BCUT2D eigenvalue weighted by molar-refractivity contribution is 8.00. The largest absolute Gasteiger partial charge is 0.504 e. The molecule has 3 rings (SSSR count). The van der Waals surface area contributed by atoms with Gasteiger partial charge in [-0.1, -0.05) is 11.6 Å². The summed E-state index contributed by atoms with van der Waals surface area (Å²) < 4.78 is 0. The summed E-state index contributed by atoms with van der Waals surface area (Å²) >= 11 is 7.96. The number of fused-ring (bicyclic) bond motifs is 2. The fourth-order valence-corrected chi connectivity index (χ4v) is 4.94. The summed E-state index contributed by atoms with van der Waals surface area (Å²) in [6.07, 6.45) is 5.05. The zero-order valence-electron chi connectivity index (χ0n) is 11.4. The number of hydrogen-bond acceptors (Lipinski definition) is 4. The quantitative estimate of drug-likeness (QED) is 0.638. The molecule has 2 unspecified atom stereocenters. The summed E-state index contributed by atoms with van der Waals surface area (Å²) in [5, 5.41) is 10.8. The van der Waals surface area contributed by atoms with Crippen LogP contribution in [0.3, 0.4) is 0 Å². The molecular formula is C14H20Cl2N2OS. The maximum atomic E-state index is 9.80. The van der Waals surface area contributed by atoms with Gasteiger partial charge in [0.2, 0.25) is 0 Å². The van der Waals surface area contributed by atoms with E-state index in [0.717, 1.165) is 17.0 Å². The van der Waals surface area contributed by atoms with Gasteiger partial charge >= 0.3 is 0 Å².